The van der Waals surface area contributed by atoms with E-state index >= 15 is 0 Å². The van der Waals surface area contributed by atoms with Gasteiger partial charge in [0.05, 0.1) is 22.2 Å². The van der Waals surface area contributed by atoms with Crippen LogP contribution in [0.5, 0.6) is 5.75 Å². The lowest BCUT2D eigenvalue weighted by molar-refractivity contribution is 0.0962. The quantitative estimate of drug-likeness (QED) is 0.627. The Bertz CT molecular complexity index is 1160. The van der Waals surface area contributed by atoms with Crippen molar-refractivity contribution >= 4 is 40.4 Å². The number of carbonyl (C=O) groups is 2. The van der Waals surface area contributed by atoms with Crippen LogP contribution in [0.4, 0.5) is 5.69 Å². The lowest BCUT2D eigenvalue weighted by atomic mass is 10.1. The van der Waals surface area contributed by atoms with Crippen LogP contribution >= 0.6 is 22.9 Å². The van der Waals surface area contributed by atoms with Crippen molar-refractivity contribution in [2.75, 3.05) is 25.6 Å². The smallest absolute Gasteiger partial charge is 0.268 e. The number of ether oxygens (including phenoxy) is 1. The molecular weight excluding hydrogens is 420 g/mol. The SMILES string of the molecule is CNC(=O)c1ccc(N(C)C(=O)c2cc3c(s2)-c2cc(C)ccc2OCC3)c(Cl)c1. The average Bonchev–Trinajstić information content (AvgIpc) is 3.09. The summed E-state index contributed by atoms with van der Waals surface area (Å²) in [5.74, 6) is 0.481. The van der Waals surface area contributed by atoms with Crippen molar-refractivity contribution < 1.29 is 14.3 Å². The lowest BCUT2D eigenvalue weighted by Crippen LogP contribution is -2.26. The Hall–Kier alpha value is -2.83. The molecule has 2 heterocycles. The molecule has 0 fully saturated rings. The van der Waals surface area contributed by atoms with E-state index in [0.29, 0.717) is 27.8 Å². The summed E-state index contributed by atoms with van der Waals surface area (Å²) in [4.78, 5) is 28.3. The first-order valence-electron chi connectivity index (χ1n) is 9.55. The fourth-order valence-corrected chi connectivity index (χ4v) is 5.02. The third-order valence-electron chi connectivity index (χ3n) is 5.13. The summed E-state index contributed by atoms with van der Waals surface area (Å²) in [6.07, 6.45) is 0.748. The predicted molar refractivity (Wildman–Crippen MR) is 121 cm³/mol. The van der Waals surface area contributed by atoms with Gasteiger partial charge in [0.1, 0.15) is 5.75 Å². The van der Waals surface area contributed by atoms with E-state index in [-0.39, 0.29) is 11.8 Å². The van der Waals surface area contributed by atoms with Crippen molar-refractivity contribution in [3.05, 3.63) is 69.1 Å². The molecule has 0 saturated carbocycles. The normalized spacial score (nSPS) is 12.3. The Kier molecular flexibility index (Phi) is 5.54. The summed E-state index contributed by atoms with van der Waals surface area (Å²) in [7, 11) is 3.25. The molecule has 0 bridgehead atoms. The van der Waals surface area contributed by atoms with Crippen molar-refractivity contribution in [1.82, 2.24) is 5.32 Å². The number of thiophene rings is 1. The van der Waals surface area contributed by atoms with Crippen LogP contribution in [0.3, 0.4) is 0 Å². The number of fused-ring (bicyclic) bond motifs is 3. The second-order valence-corrected chi connectivity index (χ2v) is 8.63. The minimum Gasteiger partial charge on any atom is -0.493 e. The highest BCUT2D eigenvalue weighted by Crippen LogP contribution is 2.41. The molecule has 0 atom stereocenters. The number of carbonyl (C=O) groups excluding carboxylic acids is 2. The largest absolute Gasteiger partial charge is 0.493 e. The van der Waals surface area contributed by atoms with E-state index in [1.807, 2.05) is 25.1 Å². The van der Waals surface area contributed by atoms with Gasteiger partial charge in [0.25, 0.3) is 11.8 Å². The topological polar surface area (TPSA) is 58.6 Å². The molecule has 30 heavy (non-hydrogen) atoms. The van der Waals surface area contributed by atoms with Crippen molar-refractivity contribution in [3.8, 4) is 16.2 Å². The van der Waals surface area contributed by atoms with Gasteiger partial charge >= 0.3 is 0 Å². The van der Waals surface area contributed by atoms with Gasteiger partial charge in [-0.2, -0.15) is 0 Å². The Morgan fingerprint density at radius 3 is 2.70 bits per heavy atom. The van der Waals surface area contributed by atoms with Crippen LogP contribution in [-0.2, 0) is 6.42 Å². The van der Waals surface area contributed by atoms with Crippen LogP contribution in [-0.4, -0.2) is 32.5 Å². The summed E-state index contributed by atoms with van der Waals surface area (Å²) in [5.41, 5.74) is 4.29. The number of anilines is 1. The molecule has 0 spiro atoms. The van der Waals surface area contributed by atoms with Gasteiger partial charge in [-0.1, -0.05) is 23.2 Å². The van der Waals surface area contributed by atoms with Gasteiger partial charge in [-0.25, -0.2) is 0 Å². The van der Waals surface area contributed by atoms with E-state index in [1.165, 1.54) is 16.2 Å². The Morgan fingerprint density at radius 2 is 1.97 bits per heavy atom. The number of benzene rings is 2. The fourth-order valence-electron chi connectivity index (χ4n) is 3.51. The van der Waals surface area contributed by atoms with Gasteiger partial charge in [-0.15, -0.1) is 11.3 Å². The molecule has 1 aromatic heterocycles. The molecule has 5 nitrogen and oxygen atoms in total. The monoisotopic (exact) mass is 440 g/mol. The van der Waals surface area contributed by atoms with Gasteiger partial charge in [0.2, 0.25) is 0 Å². The number of amides is 2. The van der Waals surface area contributed by atoms with Gasteiger partial charge < -0.3 is 15.0 Å². The Labute approximate surface area is 184 Å². The molecule has 2 amide bonds. The minimum absolute atomic E-state index is 0.141. The maximum absolute atomic E-state index is 13.2. The first-order valence-corrected chi connectivity index (χ1v) is 10.7. The first kappa shape index (κ1) is 20.4. The van der Waals surface area contributed by atoms with Gasteiger partial charge in [-0.3, -0.25) is 9.59 Å². The summed E-state index contributed by atoms with van der Waals surface area (Å²) >= 11 is 7.85. The van der Waals surface area contributed by atoms with Crippen LogP contribution in [0.1, 0.15) is 31.2 Å². The minimum atomic E-state index is -0.226. The molecule has 0 radical (unpaired) electrons. The summed E-state index contributed by atoms with van der Waals surface area (Å²) in [6.45, 7) is 2.62. The Balaban J connectivity index is 1.67. The van der Waals surface area contributed by atoms with Gasteiger partial charge in [0, 0.05) is 36.5 Å². The molecule has 3 aromatic rings. The van der Waals surface area contributed by atoms with Crippen LogP contribution in [0.2, 0.25) is 5.02 Å². The molecule has 0 saturated heterocycles. The molecule has 0 aliphatic carbocycles. The molecule has 0 unspecified atom stereocenters. The molecule has 2 aromatic carbocycles. The molecular formula is C23H21ClN2O3S. The third kappa shape index (κ3) is 3.68. The summed E-state index contributed by atoms with van der Waals surface area (Å²) in [6, 6.07) is 13.0. The predicted octanol–water partition coefficient (Wildman–Crippen LogP) is 4.95. The molecule has 154 valence electrons. The van der Waals surface area contributed by atoms with Gasteiger partial charge in [-0.05, 0) is 48.9 Å². The maximum Gasteiger partial charge on any atom is 0.268 e. The van der Waals surface area contributed by atoms with Gasteiger partial charge in [0.15, 0.2) is 0 Å². The zero-order valence-corrected chi connectivity index (χ0v) is 18.5. The highest BCUT2D eigenvalue weighted by molar-refractivity contribution is 7.17. The number of nitrogens with zero attached hydrogens (tertiary/aromatic N) is 1. The second kappa shape index (κ2) is 8.13. The number of nitrogens with one attached hydrogen (secondary N) is 1. The average molecular weight is 441 g/mol. The van der Waals surface area contributed by atoms with Crippen molar-refractivity contribution in [1.29, 1.82) is 0 Å². The van der Waals surface area contributed by atoms with Crippen LogP contribution in [0.25, 0.3) is 10.4 Å². The zero-order chi connectivity index (χ0) is 21.4. The van der Waals surface area contributed by atoms with Crippen molar-refractivity contribution in [2.24, 2.45) is 0 Å². The van der Waals surface area contributed by atoms with E-state index in [0.717, 1.165) is 33.7 Å². The first-order chi connectivity index (χ1) is 14.4. The van der Waals surface area contributed by atoms with Crippen LogP contribution in [0.15, 0.2) is 42.5 Å². The molecule has 7 heteroatoms. The third-order valence-corrected chi connectivity index (χ3v) is 6.63. The number of rotatable bonds is 3. The van der Waals surface area contributed by atoms with E-state index in [2.05, 4.69) is 11.4 Å². The number of halogens is 1. The molecule has 1 aliphatic rings. The highest BCUT2D eigenvalue weighted by atomic mass is 35.5. The van der Waals surface area contributed by atoms with E-state index in [1.54, 1.807) is 32.3 Å². The fraction of sp³-hybridized carbons (Fsp3) is 0.217. The van der Waals surface area contributed by atoms with Crippen LogP contribution < -0.4 is 15.0 Å². The van der Waals surface area contributed by atoms with E-state index in [4.69, 9.17) is 16.3 Å². The lowest BCUT2D eigenvalue weighted by Gasteiger charge is -2.18. The number of hydrogen-bond acceptors (Lipinski definition) is 4. The maximum atomic E-state index is 13.2. The molecule has 1 N–H and O–H groups in total. The summed E-state index contributed by atoms with van der Waals surface area (Å²) in [5, 5.41) is 2.91. The summed E-state index contributed by atoms with van der Waals surface area (Å²) < 4.78 is 5.88. The number of aryl methyl sites for hydroxylation is 1. The zero-order valence-electron chi connectivity index (χ0n) is 16.9. The van der Waals surface area contributed by atoms with E-state index in [9.17, 15) is 9.59 Å². The van der Waals surface area contributed by atoms with E-state index < -0.39 is 0 Å². The number of hydrogen-bond donors (Lipinski definition) is 1. The highest BCUT2D eigenvalue weighted by Gasteiger charge is 2.24. The molecule has 4 rings (SSSR count). The standard InChI is InChI=1S/C23H21ClN2O3S/c1-13-4-7-19-16(10-13)21-14(8-9-29-19)12-20(30-21)23(28)26(3)18-6-5-15(11-17(18)24)22(27)25-2/h4-7,10-12H,8-9H2,1-3H3,(H,25,27). The van der Waals surface area contributed by atoms with Crippen LogP contribution in [0, 0.1) is 6.92 Å². The van der Waals surface area contributed by atoms with Crippen molar-refractivity contribution in [2.45, 2.75) is 13.3 Å². The second-order valence-electron chi connectivity index (χ2n) is 7.17. The van der Waals surface area contributed by atoms with Crippen molar-refractivity contribution in [3.63, 3.8) is 0 Å². The Morgan fingerprint density at radius 1 is 1.17 bits per heavy atom. The molecule has 1 aliphatic heterocycles.